The highest BCUT2D eigenvalue weighted by Crippen LogP contribution is 2.33. The van der Waals surface area contributed by atoms with E-state index in [-0.39, 0.29) is 30.3 Å². The summed E-state index contributed by atoms with van der Waals surface area (Å²) in [6, 6.07) is 5.13. The first-order chi connectivity index (χ1) is 17.2. The molecule has 2 atom stereocenters. The molecule has 1 N–H and O–H groups in total. The van der Waals surface area contributed by atoms with Crippen LogP contribution in [0.2, 0.25) is 0 Å². The largest absolute Gasteiger partial charge is 0.573 e. The maximum absolute atomic E-state index is 13.4. The molecule has 0 aromatic heterocycles. The molecule has 0 radical (unpaired) electrons. The third-order valence-electron chi connectivity index (χ3n) is 6.33. The number of methoxy groups -OCH3 is 1. The number of carbonyl (C=O) groups is 3. The van der Waals surface area contributed by atoms with Gasteiger partial charge in [0.1, 0.15) is 11.4 Å². The van der Waals surface area contributed by atoms with Crippen LogP contribution in [0, 0.1) is 5.92 Å². The highest BCUT2D eigenvalue weighted by molar-refractivity contribution is 5.78. The molecule has 2 aliphatic rings. The van der Waals surface area contributed by atoms with E-state index >= 15 is 0 Å². The van der Waals surface area contributed by atoms with Gasteiger partial charge in [-0.3, -0.25) is 4.79 Å². The molecule has 2 fully saturated rings. The minimum Gasteiger partial charge on any atom is -0.469 e. The molecular formula is C25H34F3N3O6. The number of hydrogen-bond acceptors (Lipinski definition) is 6. The lowest BCUT2D eigenvalue weighted by molar-refractivity contribution is -0.274. The molecule has 0 aliphatic carbocycles. The zero-order chi connectivity index (χ0) is 27.4. The number of carbonyl (C=O) groups excluding carboxylic acids is 3. The van der Waals surface area contributed by atoms with Gasteiger partial charge < -0.3 is 29.3 Å². The second-order valence-corrected chi connectivity index (χ2v) is 10.4. The Bertz CT molecular complexity index is 956. The summed E-state index contributed by atoms with van der Waals surface area (Å²) in [6.45, 7) is 6.69. The van der Waals surface area contributed by atoms with Crippen molar-refractivity contribution in [2.24, 2.45) is 5.92 Å². The minimum absolute atomic E-state index is 0.117. The summed E-state index contributed by atoms with van der Waals surface area (Å²) >= 11 is 0. The first-order valence-corrected chi connectivity index (χ1v) is 12.2. The molecule has 1 aromatic carbocycles. The van der Waals surface area contributed by atoms with Crippen molar-refractivity contribution in [3.63, 3.8) is 0 Å². The van der Waals surface area contributed by atoms with E-state index < -0.39 is 29.9 Å². The monoisotopic (exact) mass is 529 g/mol. The molecule has 37 heavy (non-hydrogen) atoms. The van der Waals surface area contributed by atoms with Gasteiger partial charge in [-0.05, 0) is 57.7 Å². The van der Waals surface area contributed by atoms with Gasteiger partial charge in [0.05, 0.1) is 13.0 Å². The van der Waals surface area contributed by atoms with E-state index in [4.69, 9.17) is 9.47 Å². The highest BCUT2D eigenvalue weighted by atomic mass is 19.4. The predicted molar refractivity (Wildman–Crippen MR) is 127 cm³/mol. The molecule has 0 bridgehead atoms. The smallest absolute Gasteiger partial charge is 0.469 e. The molecule has 0 spiro atoms. The summed E-state index contributed by atoms with van der Waals surface area (Å²) < 4.78 is 51.6. The summed E-state index contributed by atoms with van der Waals surface area (Å²) in [5, 5.41) is 2.84. The molecule has 12 heteroatoms. The molecule has 2 unspecified atom stereocenters. The van der Waals surface area contributed by atoms with E-state index in [1.54, 1.807) is 30.6 Å². The number of hydrogen-bond donors (Lipinski definition) is 1. The van der Waals surface area contributed by atoms with Gasteiger partial charge in [0.2, 0.25) is 0 Å². The van der Waals surface area contributed by atoms with Crippen molar-refractivity contribution < 1.29 is 41.8 Å². The van der Waals surface area contributed by atoms with Crippen molar-refractivity contribution in [3.8, 4) is 5.75 Å². The van der Waals surface area contributed by atoms with Crippen molar-refractivity contribution in [2.75, 3.05) is 33.3 Å². The standard InChI is InChI=1S/C25H34F3N3O6/c1-24(2,3)37-22(33)29-19-9-11-30(12-10-19)23(34)31-14-17(13-18(15-31)21(32)35-4)16-5-7-20(8-6-16)36-25(26,27)28/h5-8,17-19H,9-15H2,1-4H3,(H,29,33). The Labute approximate surface area is 214 Å². The van der Waals surface area contributed by atoms with Crippen LogP contribution in [0.15, 0.2) is 24.3 Å². The van der Waals surface area contributed by atoms with Gasteiger partial charge in [-0.15, -0.1) is 13.2 Å². The molecule has 9 nitrogen and oxygen atoms in total. The van der Waals surface area contributed by atoms with E-state index in [9.17, 15) is 27.6 Å². The summed E-state index contributed by atoms with van der Waals surface area (Å²) in [5.41, 5.74) is 0.0918. The number of nitrogens with one attached hydrogen (secondary N) is 1. The number of urea groups is 1. The fourth-order valence-corrected chi connectivity index (χ4v) is 4.67. The lowest BCUT2D eigenvalue weighted by atomic mass is 9.84. The fraction of sp³-hybridized carbons (Fsp3) is 0.640. The number of benzene rings is 1. The molecule has 2 heterocycles. The Morgan fingerprint density at radius 2 is 1.59 bits per heavy atom. The van der Waals surface area contributed by atoms with Gasteiger partial charge in [0.15, 0.2) is 0 Å². The summed E-state index contributed by atoms with van der Waals surface area (Å²) in [5.74, 6) is -1.62. The molecule has 3 amide bonds. The van der Waals surface area contributed by atoms with Gasteiger partial charge in [0, 0.05) is 38.1 Å². The van der Waals surface area contributed by atoms with E-state index in [2.05, 4.69) is 10.1 Å². The molecule has 2 saturated heterocycles. The number of ether oxygens (including phenoxy) is 3. The number of halogens is 3. The summed E-state index contributed by atoms with van der Waals surface area (Å²) in [6.07, 6.45) is -3.77. The Kier molecular flexibility index (Phi) is 8.80. The molecular weight excluding hydrogens is 495 g/mol. The lowest BCUT2D eigenvalue weighted by Crippen LogP contribution is -2.54. The zero-order valence-corrected chi connectivity index (χ0v) is 21.5. The van der Waals surface area contributed by atoms with Crippen LogP contribution < -0.4 is 10.1 Å². The van der Waals surface area contributed by atoms with Crippen LogP contribution in [0.5, 0.6) is 5.75 Å². The van der Waals surface area contributed by atoms with Crippen molar-refractivity contribution in [2.45, 2.75) is 64.0 Å². The number of alkyl carbamates (subject to hydrolysis) is 1. The van der Waals surface area contributed by atoms with Crippen LogP contribution in [-0.4, -0.2) is 79.2 Å². The number of piperidine rings is 2. The van der Waals surface area contributed by atoms with Gasteiger partial charge in [-0.25, -0.2) is 9.59 Å². The maximum atomic E-state index is 13.4. The first-order valence-electron chi connectivity index (χ1n) is 12.2. The molecule has 2 aliphatic heterocycles. The average molecular weight is 530 g/mol. The second-order valence-electron chi connectivity index (χ2n) is 10.4. The Hall–Kier alpha value is -3.18. The van der Waals surface area contributed by atoms with Crippen LogP contribution in [-0.2, 0) is 14.3 Å². The predicted octanol–water partition coefficient (Wildman–Crippen LogP) is 4.27. The fourth-order valence-electron chi connectivity index (χ4n) is 4.67. The molecule has 206 valence electrons. The number of esters is 1. The van der Waals surface area contributed by atoms with Crippen LogP contribution in [0.25, 0.3) is 0 Å². The lowest BCUT2D eigenvalue weighted by Gasteiger charge is -2.41. The molecule has 1 aromatic rings. The van der Waals surface area contributed by atoms with Crippen molar-refractivity contribution in [1.29, 1.82) is 0 Å². The number of nitrogens with zero attached hydrogens (tertiary/aromatic N) is 2. The van der Waals surface area contributed by atoms with Crippen LogP contribution in [0.4, 0.5) is 22.8 Å². The SMILES string of the molecule is COC(=O)C1CC(c2ccc(OC(F)(F)F)cc2)CN(C(=O)N2CCC(NC(=O)OC(C)(C)C)CC2)C1. The average Bonchev–Trinajstić information content (AvgIpc) is 2.81. The van der Waals surface area contributed by atoms with Crippen LogP contribution >= 0.6 is 0 Å². The third-order valence-corrected chi connectivity index (χ3v) is 6.33. The second kappa shape index (κ2) is 11.5. The van der Waals surface area contributed by atoms with E-state index in [0.717, 1.165) is 0 Å². The Balaban J connectivity index is 1.63. The normalized spacial score (nSPS) is 21.3. The van der Waals surface area contributed by atoms with Gasteiger partial charge >= 0.3 is 24.5 Å². The van der Waals surface area contributed by atoms with E-state index in [1.165, 1.54) is 31.4 Å². The van der Waals surface area contributed by atoms with Crippen molar-refractivity contribution in [1.82, 2.24) is 15.1 Å². The van der Waals surface area contributed by atoms with Crippen LogP contribution in [0.1, 0.15) is 51.5 Å². The quantitative estimate of drug-likeness (QED) is 0.585. The number of alkyl halides is 3. The van der Waals surface area contributed by atoms with Gasteiger partial charge in [-0.2, -0.15) is 0 Å². The zero-order valence-electron chi connectivity index (χ0n) is 21.5. The minimum atomic E-state index is -4.79. The highest BCUT2D eigenvalue weighted by Gasteiger charge is 2.38. The molecule has 0 saturated carbocycles. The third kappa shape index (κ3) is 8.43. The summed E-state index contributed by atoms with van der Waals surface area (Å²) in [4.78, 5) is 41.1. The topological polar surface area (TPSA) is 97.4 Å². The van der Waals surface area contributed by atoms with Crippen molar-refractivity contribution >= 4 is 18.1 Å². The Morgan fingerprint density at radius 1 is 0.973 bits per heavy atom. The first kappa shape index (κ1) is 28.4. The number of likely N-dealkylation sites (tertiary alicyclic amines) is 2. The number of amides is 3. The van der Waals surface area contributed by atoms with Crippen LogP contribution in [0.3, 0.4) is 0 Å². The van der Waals surface area contributed by atoms with E-state index in [0.29, 0.717) is 44.5 Å². The Morgan fingerprint density at radius 3 is 2.14 bits per heavy atom. The van der Waals surface area contributed by atoms with Crippen molar-refractivity contribution in [3.05, 3.63) is 29.8 Å². The number of rotatable bonds is 4. The summed E-state index contributed by atoms with van der Waals surface area (Å²) in [7, 11) is 1.28. The maximum Gasteiger partial charge on any atom is 0.573 e. The molecule has 3 rings (SSSR count). The van der Waals surface area contributed by atoms with E-state index in [1.807, 2.05) is 0 Å². The van der Waals surface area contributed by atoms with Gasteiger partial charge in [-0.1, -0.05) is 12.1 Å². The van der Waals surface area contributed by atoms with Gasteiger partial charge in [0.25, 0.3) is 0 Å².